The number of ether oxygens (including phenoxy) is 1. The molecule has 0 aromatic carbocycles. The maximum absolute atomic E-state index is 12.8. The molecule has 1 atom stereocenters. The first-order valence-electron chi connectivity index (χ1n) is 4.66. The SMILES string of the molecule is COC(C)c1nsc(NCC(F)(F)CN)n1. The zero-order valence-corrected chi connectivity index (χ0v) is 9.85. The Morgan fingerprint density at radius 3 is 2.88 bits per heavy atom. The van der Waals surface area contributed by atoms with Gasteiger partial charge in [0.05, 0.1) is 13.1 Å². The lowest BCUT2D eigenvalue weighted by Crippen LogP contribution is -2.35. The smallest absolute Gasteiger partial charge is 0.276 e. The zero-order chi connectivity index (χ0) is 12.2. The number of methoxy groups -OCH3 is 1. The lowest BCUT2D eigenvalue weighted by atomic mass is 10.3. The van der Waals surface area contributed by atoms with Gasteiger partial charge in [-0.15, -0.1) is 0 Å². The van der Waals surface area contributed by atoms with Crippen LogP contribution in [0.15, 0.2) is 0 Å². The molecule has 92 valence electrons. The summed E-state index contributed by atoms with van der Waals surface area (Å²) in [7, 11) is 1.53. The molecule has 0 amide bonds. The summed E-state index contributed by atoms with van der Waals surface area (Å²) in [6.45, 7) is 0.542. The maximum Gasteiger partial charge on any atom is 0.276 e. The Balaban J connectivity index is 2.53. The molecule has 5 nitrogen and oxygen atoms in total. The van der Waals surface area contributed by atoms with Gasteiger partial charge in [-0.05, 0) is 6.92 Å². The fourth-order valence-electron chi connectivity index (χ4n) is 0.854. The van der Waals surface area contributed by atoms with Gasteiger partial charge in [-0.1, -0.05) is 0 Å². The van der Waals surface area contributed by atoms with Gasteiger partial charge in [-0.2, -0.15) is 4.37 Å². The monoisotopic (exact) mass is 252 g/mol. The number of aromatic nitrogens is 2. The number of anilines is 1. The molecule has 0 saturated heterocycles. The summed E-state index contributed by atoms with van der Waals surface area (Å²) in [4.78, 5) is 4.02. The maximum atomic E-state index is 12.8. The number of halogens is 2. The minimum Gasteiger partial charge on any atom is -0.374 e. The largest absolute Gasteiger partial charge is 0.374 e. The van der Waals surface area contributed by atoms with E-state index in [0.29, 0.717) is 11.0 Å². The Bertz CT molecular complexity index is 334. The summed E-state index contributed by atoms with van der Waals surface area (Å²) in [5, 5.41) is 2.83. The minimum atomic E-state index is -2.93. The molecule has 1 heterocycles. The van der Waals surface area contributed by atoms with Gasteiger partial charge in [0.1, 0.15) is 6.10 Å². The van der Waals surface area contributed by atoms with Crippen molar-refractivity contribution in [3.05, 3.63) is 5.82 Å². The van der Waals surface area contributed by atoms with Crippen LogP contribution >= 0.6 is 11.5 Å². The van der Waals surface area contributed by atoms with Crippen molar-refractivity contribution in [2.24, 2.45) is 5.73 Å². The summed E-state index contributed by atoms with van der Waals surface area (Å²) in [6, 6.07) is 0. The van der Waals surface area contributed by atoms with E-state index in [1.165, 1.54) is 7.11 Å². The second-order valence-corrected chi connectivity index (χ2v) is 4.00. The Morgan fingerprint density at radius 2 is 2.31 bits per heavy atom. The minimum absolute atomic E-state index is 0.248. The van der Waals surface area contributed by atoms with Crippen molar-refractivity contribution in [2.75, 3.05) is 25.5 Å². The van der Waals surface area contributed by atoms with Crippen LogP contribution in [0.3, 0.4) is 0 Å². The molecule has 0 fully saturated rings. The van der Waals surface area contributed by atoms with Gasteiger partial charge in [-0.3, -0.25) is 0 Å². The molecule has 8 heteroatoms. The van der Waals surface area contributed by atoms with Crippen LogP contribution in [-0.2, 0) is 4.74 Å². The van der Waals surface area contributed by atoms with Gasteiger partial charge in [0.25, 0.3) is 5.92 Å². The number of rotatable bonds is 6. The zero-order valence-electron chi connectivity index (χ0n) is 9.04. The number of hydrogen-bond donors (Lipinski definition) is 2. The summed E-state index contributed by atoms with van der Waals surface area (Å²) in [6.07, 6.45) is -0.248. The van der Waals surface area contributed by atoms with Crippen LogP contribution in [0.2, 0.25) is 0 Å². The quantitative estimate of drug-likeness (QED) is 0.797. The lowest BCUT2D eigenvalue weighted by Gasteiger charge is -2.13. The van der Waals surface area contributed by atoms with Crippen molar-refractivity contribution in [3.8, 4) is 0 Å². The molecular formula is C8H14F2N4OS. The van der Waals surface area contributed by atoms with Gasteiger partial charge in [0, 0.05) is 18.6 Å². The van der Waals surface area contributed by atoms with E-state index in [1.807, 2.05) is 0 Å². The Labute approximate surface area is 96.2 Å². The van der Waals surface area contributed by atoms with Gasteiger partial charge in [0.2, 0.25) is 5.13 Å². The van der Waals surface area contributed by atoms with E-state index in [0.717, 1.165) is 11.5 Å². The van der Waals surface area contributed by atoms with Crippen molar-refractivity contribution in [1.29, 1.82) is 0 Å². The van der Waals surface area contributed by atoms with E-state index in [-0.39, 0.29) is 6.10 Å². The molecule has 16 heavy (non-hydrogen) atoms. The Hall–Kier alpha value is -0.860. The van der Waals surface area contributed by atoms with E-state index >= 15 is 0 Å². The van der Waals surface area contributed by atoms with Crippen molar-refractivity contribution in [3.63, 3.8) is 0 Å². The van der Waals surface area contributed by atoms with Crippen molar-refractivity contribution >= 4 is 16.7 Å². The van der Waals surface area contributed by atoms with Crippen LogP contribution in [0.25, 0.3) is 0 Å². The average molecular weight is 252 g/mol. The van der Waals surface area contributed by atoms with E-state index in [1.54, 1.807) is 6.92 Å². The first kappa shape index (κ1) is 13.2. The molecule has 1 aromatic rings. The third-order valence-electron chi connectivity index (χ3n) is 1.96. The van der Waals surface area contributed by atoms with E-state index in [4.69, 9.17) is 10.5 Å². The highest BCUT2D eigenvalue weighted by molar-refractivity contribution is 7.09. The predicted molar refractivity (Wildman–Crippen MR) is 57.8 cm³/mol. The normalized spacial score (nSPS) is 13.8. The Morgan fingerprint density at radius 1 is 1.62 bits per heavy atom. The number of nitrogens with zero attached hydrogens (tertiary/aromatic N) is 2. The van der Waals surface area contributed by atoms with Crippen LogP contribution in [0.1, 0.15) is 18.9 Å². The van der Waals surface area contributed by atoms with Crippen molar-refractivity contribution in [2.45, 2.75) is 19.0 Å². The van der Waals surface area contributed by atoms with Gasteiger partial charge in [-0.25, -0.2) is 13.8 Å². The van der Waals surface area contributed by atoms with Crippen LogP contribution in [0.5, 0.6) is 0 Å². The predicted octanol–water partition coefficient (Wildman–Crippen LogP) is 1.25. The first-order chi connectivity index (χ1) is 7.48. The summed E-state index contributed by atoms with van der Waals surface area (Å²) in [5.74, 6) is -2.45. The highest BCUT2D eigenvalue weighted by Gasteiger charge is 2.26. The molecule has 0 saturated carbocycles. The highest BCUT2D eigenvalue weighted by Crippen LogP contribution is 2.19. The van der Waals surface area contributed by atoms with Crippen LogP contribution in [0.4, 0.5) is 13.9 Å². The van der Waals surface area contributed by atoms with Crippen molar-refractivity contribution in [1.82, 2.24) is 9.36 Å². The third kappa shape index (κ3) is 3.62. The molecule has 0 radical (unpaired) electrons. The second kappa shape index (κ2) is 5.46. The molecule has 1 aromatic heterocycles. The molecule has 0 aliphatic rings. The molecule has 3 N–H and O–H groups in total. The van der Waals surface area contributed by atoms with Gasteiger partial charge >= 0.3 is 0 Å². The number of hydrogen-bond acceptors (Lipinski definition) is 6. The number of alkyl halides is 2. The average Bonchev–Trinajstić information content (AvgIpc) is 2.74. The van der Waals surface area contributed by atoms with Crippen LogP contribution in [-0.4, -0.2) is 35.5 Å². The first-order valence-corrected chi connectivity index (χ1v) is 5.44. The van der Waals surface area contributed by atoms with E-state index in [9.17, 15) is 8.78 Å². The standard InChI is InChI=1S/C8H14F2N4OS/c1-5(15-2)6-13-7(16-14-6)12-4-8(9,10)3-11/h5H,3-4,11H2,1-2H3,(H,12,13,14). The Kier molecular flexibility index (Phi) is 4.51. The summed E-state index contributed by atoms with van der Waals surface area (Å²) >= 11 is 1.02. The van der Waals surface area contributed by atoms with Crippen LogP contribution in [0, 0.1) is 0 Å². The topological polar surface area (TPSA) is 73.1 Å². The molecule has 0 bridgehead atoms. The number of nitrogens with two attached hydrogens (primary N) is 1. The fraction of sp³-hybridized carbons (Fsp3) is 0.750. The van der Waals surface area contributed by atoms with Crippen molar-refractivity contribution < 1.29 is 13.5 Å². The molecule has 0 aliphatic carbocycles. The molecule has 1 rings (SSSR count). The molecule has 0 aliphatic heterocycles. The summed E-state index contributed by atoms with van der Waals surface area (Å²) < 4.78 is 34.6. The van der Waals surface area contributed by atoms with E-state index < -0.39 is 19.0 Å². The fourth-order valence-corrected chi connectivity index (χ4v) is 1.49. The third-order valence-corrected chi connectivity index (χ3v) is 2.64. The van der Waals surface area contributed by atoms with Crippen LogP contribution < -0.4 is 11.1 Å². The molecular weight excluding hydrogens is 238 g/mol. The summed E-state index contributed by atoms with van der Waals surface area (Å²) in [5.41, 5.74) is 4.90. The highest BCUT2D eigenvalue weighted by atomic mass is 32.1. The molecule has 1 unspecified atom stereocenters. The van der Waals surface area contributed by atoms with Gasteiger partial charge < -0.3 is 15.8 Å². The molecule has 0 spiro atoms. The van der Waals surface area contributed by atoms with Gasteiger partial charge in [0.15, 0.2) is 5.82 Å². The van der Waals surface area contributed by atoms with E-state index in [2.05, 4.69) is 14.7 Å². The lowest BCUT2D eigenvalue weighted by molar-refractivity contribution is 0.0254. The number of nitrogens with one attached hydrogen (secondary N) is 1. The second-order valence-electron chi connectivity index (χ2n) is 3.25.